The Hall–Kier alpha value is -3.21. The van der Waals surface area contributed by atoms with E-state index in [9.17, 15) is 4.79 Å². The minimum atomic E-state index is -0.215. The van der Waals surface area contributed by atoms with Gasteiger partial charge in [-0.2, -0.15) is 0 Å². The Morgan fingerprint density at radius 3 is 2.41 bits per heavy atom. The molecule has 1 heterocycles. The second-order valence-electron chi connectivity index (χ2n) is 6.65. The maximum Gasteiger partial charge on any atom is 0.271 e. The third kappa shape index (κ3) is 5.14. The van der Waals surface area contributed by atoms with Gasteiger partial charge in [-0.15, -0.1) is 0 Å². The molecule has 0 unspecified atom stereocenters. The van der Waals surface area contributed by atoms with E-state index in [1.807, 2.05) is 48.5 Å². The molecule has 0 fully saturated rings. The lowest BCUT2D eigenvalue weighted by Gasteiger charge is -2.13. The van der Waals surface area contributed by atoms with Crippen LogP contribution in [0.1, 0.15) is 41.4 Å². The van der Waals surface area contributed by atoms with Crippen LogP contribution < -0.4 is 10.6 Å². The van der Waals surface area contributed by atoms with Crippen molar-refractivity contribution in [2.75, 3.05) is 11.9 Å². The van der Waals surface area contributed by atoms with E-state index in [0.717, 1.165) is 12.1 Å². The summed E-state index contributed by atoms with van der Waals surface area (Å²) in [5.41, 5.74) is 3.71. The lowest BCUT2D eigenvalue weighted by molar-refractivity contribution is 0.0949. The second kappa shape index (κ2) is 8.94. The van der Waals surface area contributed by atoms with Crippen LogP contribution in [0.2, 0.25) is 0 Å². The third-order valence-electron chi connectivity index (χ3n) is 4.27. The van der Waals surface area contributed by atoms with Crippen molar-refractivity contribution in [3.8, 4) is 0 Å². The minimum absolute atomic E-state index is 0.215. The van der Waals surface area contributed by atoms with Gasteiger partial charge < -0.3 is 10.6 Å². The molecule has 0 spiro atoms. The monoisotopic (exact) mass is 360 g/mol. The number of rotatable bonds is 7. The molecule has 3 aromatic rings. The molecule has 0 aliphatic rings. The zero-order valence-electron chi connectivity index (χ0n) is 15.6. The number of hydrogen-bond acceptors (Lipinski definition) is 4. The van der Waals surface area contributed by atoms with Crippen LogP contribution in [-0.4, -0.2) is 22.4 Å². The van der Waals surface area contributed by atoms with E-state index in [2.05, 4.69) is 40.5 Å². The summed E-state index contributed by atoms with van der Waals surface area (Å²) in [4.78, 5) is 20.8. The SMILES string of the molecule is CC(C)c1ccccc1Nc1cnc(C(=O)NCCc2ccccc2)cn1. The zero-order valence-corrected chi connectivity index (χ0v) is 15.6. The van der Waals surface area contributed by atoms with Crippen molar-refractivity contribution >= 4 is 17.4 Å². The molecule has 3 rings (SSSR count). The quantitative estimate of drug-likeness (QED) is 0.659. The topological polar surface area (TPSA) is 66.9 Å². The van der Waals surface area contributed by atoms with Crippen LogP contribution in [0.3, 0.4) is 0 Å². The lowest BCUT2D eigenvalue weighted by atomic mass is 10.0. The number of nitrogens with one attached hydrogen (secondary N) is 2. The van der Waals surface area contributed by atoms with Crippen LogP contribution in [-0.2, 0) is 6.42 Å². The van der Waals surface area contributed by atoms with E-state index in [0.29, 0.717) is 24.0 Å². The van der Waals surface area contributed by atoms with Gasteiger partial charge >= 0.3 is 0 Å². The zero-order chi connectivity index (χ0) is 19.1. The van der Waals surface area contributed by atoms with E-state index in [-0.39, 0.29) is 5.91 Å². The van der Waals surface area contributed by atoms with Gasteiger partial charge in [-0.25, -0.2) is 9.97 Å². The Morgan fingerprint density at radius 1 is 0.963 bits per heavy atom. The van der Waals surface area contributed by atoms with E-state index in [1.54, 1.807) is 6.20 Å². The van der Waals surface area contributed by atoms with Crippen molar-refractivity contribution in [3.05, 3.63) is 83.8 Å². The van der Waals surface area contributed by atoms with Gasteiger partial charge in [-0.05, 0) is 29.5 Å². The van der Waals surface area contributed by atoms with E-state index < -0.39 is 0 Å². The normalized spacial score (nSPS) is 10.6. The molecule has 1 aromatic heterocycles. The molecular weight excluding hydrogens is 336 g/mol. The smallest absolute Gasteiger partial charge is 0.271 e. The number of carbonyl (C=O) groups excluding carboxylic acids is 1. The standard InChI is InChI=1S/C22H24N4O/c1-16(2)18-10-6-7-11-19(18)26-21-15-24-20(14-25-21)22(27)23-13-12-17-8-4-3-5-9-17/h3-11,14-16H,12-13H2,1-2H3,(H,23,27)(H,25,26). The molecular formula is C22H24N4O. The number of hydrogen-bond donors (Lipinski definition) is 2. The summed E-state index contributed by atoms with van der Waals surface area (Å²) in [6.45, 7) is 4.86. The first-order chi connectivity index (χ1) is 13.1. The number of para-hydroxylation sites is 1. The van der Waals surface area contributed by atoms with Crippen LogP contribution in [0.15, 0.2) is 67.0 Å². The number of nitrogens with zero attached hydrogens (tertiary/aromatic N) is 2. The minimum Gasteiger partial charge on any atom is -0.350 e. The van der Waals surface area contributed by atoms with Crippen molar-refractivity contribution in [1.29, 1.82) is 0 Å². The number of carbonyl (C=O) groups is 1. The Labute approximate surface area is 159 Å². The Balaban J connectivity index is 1.57. The molecule has 5 nitrogen and oxygen atoms in total. The molecule has 5 heteroatoms. The van der Waals surface area contributed by atoms with Crippen molar-refractivity contribution in [1.82, 2.24) is 15.3 Å². The van der Waals surface area contributed by atoms with Gasteiger partial charge in [0.25, 0.3) is 5.91 Å². The van der Waals surface area contributed by atoms with Crippen molar-refractivity contribution < 1.29 is 4.79 Å². The summed E-state index contributed by atoms with van der Waals surface area (Å²) >= 11 is 0. The third-order valence-corrected chi connectivity index (χ3v) is 4.27. The van der Waals surface area contributed by atoms with E-state index in [4.69, 9.17) is 0 Å². The highest BCUT2D eigenvalue weighted by molar-refractivity contribution is 5.92. The predicted molar refractivity (Wildman–Crippen MR) is 108 cm³/mol. The first-order valence-electron chi connectivity index (χ1n) is 9.13. The highest BCUT2D eigenvalue weighted by Gasteiger charge is 2.09. The summed E-state index contributed by atoms with van der Waals surface area (Å²) in [5, 5.41) is 6.16. The Kier molecular flexibility index (Phi) is 6.15. The molecule has 2 N–H and O–H groups in total. The fourth-order valence-electron chi connectivity index (χ4n) is 2.82. The van der Waals surface area contributed by atoms with Crippen LogP contribution in [0.5, 0.6) is 0 Å². The second-order valence-corrected chi connectivity index (χ2v) is 6.65. The molecule has 27 heavy (non-hydrogen) atoms. The number of amides is 1. The lowest BCUT2D eigenvalue weighted by Crippen LogP contribution is -2.26. The molecule has 0 bridgehead atoms. The summed E-state index contributed by atoms with van der Waals surface area (Å²) in [5.74, 6) is 0.799. The van der Waals surface area contributed by atoms with E-state index >= 15 is 0 Å². The average Bonchev–Trinajstić information content (AvgIpc) is 2.69. The Morgan fingerprint density at radius 2 is 1.70 bits per heavy atom. The molecule has 0 aliphatic heterocycles. The van der Waals surface area contributed by atoms with Crippen LogP contribution in [0.25, 0.3) is 0 Å². The molecule has 0 saturated heterocycles. The maximum absolute atomic E-state index is 12.2. The average molecular weight is 360 g/mol. The highest BCUT2D eigenvalue weighted by atomic mass is 16.1. The number of benzene rings is 2. The number of anilines is 2. The van der Waals surface area contributed by atoms with Gasteiger partial charge in [0.1, 0.15) is 11.5 Å². The highest BCUT2D eigenvalue weighted by Crippen LogP contribution is 2.25. The van der Waals surface area contributed by atoms with Gasteiger partial charge in [0.05, 0.1) is 12.4 Å². The largest absolute Gasteiger partial charge is 0.350 e. The van der Waals surface area contributed by atoms with Crippen LogP contribution >= 0.6 is 0 Å². The summed E-state index contributed by atoms with van der Waals surface area (Å²) < 4.78 is 0. The maximum atomic E-state index is 12.2. The Bertz CT molecular complexity index is 876. The van der Waals surface area contributed by atoms with Crippen molar-refractivity contribution in [3.63, 3.8) is 0 Å². The fraction of sp³-hybridized carbons (Fsp3) is 0.227. The molecule has 0 radical (unpaired) electrons. The summed E-state index contributed by atoms with van der Waals surface area (Å²) in [6, 6.07) is 18.2. The molecule has 2 aromatic carbocycles. The van der Waals surface area contributed by atoms with Crippen molar-refractivity contribution in [2.24, 2.45) is 0 Å². The van der Waals surface area contributed by atoms with Gasteiger partial charge in [-0.1, -0.05) is 62.4 Å². The van der Waals surface area contributed by atoms with Gasteiger partial charge in [0, 0.05) is 12.2 Å². The number of aromatic nitrogens is 2. The van der Waals surface area contributed by atoms with Crippen LogP contribution in [0.4, 0.5) is 11.5 Å². The predicted octanol–water partition coefficient (Wildman–Crippen LogP) is 4.32. The fourth-order valence-corrected chi connectivity index (χ4v) is 2.82. The van der Waals surface area contributed by atoms with E-state index in [1.165, 1.54) is 17.3 Å². The van der Waals surface area contributed by atoms with Crippen molar-refractivity contribution in [2.45, 2.75) is 26.2 Å². The first kappa shape index (κ1) is 18.6. The molecule has 0 aliphatic carbocycles. The molecule has 1 amide bonds. The van der Waals surface area contributed by atoms with Crippen LogP contribution in [0, 0.1) is 0 Å². The molecule has 0 atom stereocenters. The molecule has 138 valence electrons. The van der Waals surface area contributed by atoms with Gasteiger partial charge in [-0.3, -0.25) is 4.79 Å². The molecule has 0 saturated carbocycles. The first-order valence-corrected chi connectivity index (χ1v) is 9.13. The summed E-state index contributed by atoms with van der Waals surface area (Å²) in [7, 11) is 0. The summed E-state index contributed by atoms with van der Waals surface area (Å²) in [6.07, 6.45) is 3.87. The van der Waals surface area contributed by atoms with Gasteiger partial charge in [0.15, 0.2) is 0 Å². The van der Waals surface area contributed by atoms with Gasteiger partial charge in [0.2, 0.25) is 0 Å².